The number of rotatable bonds is 3. The van der Waals surface area contributed by atoms with Gasteiger partial charge in [-0.3, -0.25) is 4.79 Å². The molecule has 2 aromatic carbocycles. The molecule has 0 saturated carbocycles. The molecular weight excluding hydrogens is 252 g/mol. The molecule has 1 aromatic heterocycles. The van der Waals surface area contributed by atoms with Crippen LogP contribution in [0.25, 0.3) is 10.8 Å². The maximum Gasteiger partial charge on any atom is 0.291 e. The third-order valence-corrected chi connectivity index (χ3v) is 3.12. The van der Waals surface area contributed by atoms with E-state index in [0.717, 1.165) is 16.5 Å². The van der Waals surface area contributed by atoms with Crippen LogP contribution in [0, 0.1) is 0 Å². The van der Waals surface area contributed by atoms with E-state index in [1.54, 1.807) is 12.1 Å². The minimum Gasteiger partial charge on any atom is -0.455 e. The van der Waals surface area contributed by atoms with Gasteiger partial charge in [-0.2, -0.15) is 0 Å². The smallest absolute Gasteiger partial charge is 0.291 e. The molecule has 3 aromatic rings. The number of anilines is 1. The summed E-state index contributed by atoms with van der Waals surface area (Å²) in [5.41, 5.74) is 6.23. The lowest BCUT2D eigenvalue weighted by Crippen LogP contribution is -2.11. The number of amides is 1. The molecule has 0 unspecified atom stereocenters. The standard InChI is InChI=1S/C16H14N2O2/c17-10-12-8-9-15(20-12)16(19)18-14-7-3-5-11-4-1-2-6-13(11)14/h1-9H,10,17H2,(H,18,19). The van der Waals surface area contributed by atoms with Crippen LogP contribution in [0.15, 0.2) is 59.0 Å². The number of nitrogens with one attached hydrogen (secondary N) is 1. The van der Waals surface area contributed by atoms with Crippen LogP contribution in [0.3, 0.4) is 0 Å². The predicted octanol–water partition coefficient (Wildman–Crippen LogP) is 3.14. The summed E-state index contributed by atoms with van der Waals surface area (Å²) in [6.07, 6.45) is 0. The molecule has 1 amide bonds. The lowest BCUT2D eigenvalue weighted by molar-refractivity contribution is 0.0995. The van der Waals surface area contributed by atoms with Crippen molar-refractivity contribution >= 4 is 22.4 Å². The largest absolute Gasteiger partial charge is 0.455 e. The molecule has 0 radical (unpaired) electrons. The highest BCUT2D eigenvalue weighted by molar-refractivity contribution is 6.07. The topological polar surface area (TPSA) is 68.3 Å². The first-order valence-corrected chi connectivity index (χ1v) is 6.36. The van der Waals surface area contributed by atoms with Gasteiger partial charge in [0.15, 0.2) is 5.76 Å². The van der Waals surface area contributed by atoms with Crippen molar-refractivity contribution in [1.29, 1.82) is 0 Å². The van der Waals surface area contributed by atoms with Crippen LogP contribution >= 0.6 is 0 Å². The molecule has 3 rings (SSSR count). The summed E-state index contributed by atoms with van der Waals surface area (Å²) in [4.78, 5) is 12.1. The molecular formula is C16H14N2O2. The quantitative estimate of drug-likeness (QED) is 0.765. The Morgan fingerprint density at radius 1 is 1.05 bits per heavy atom. The first-order valence-electron chi connectivity index (χ1n) is 6.36. The number of nitrogens with two attached hydrogens (primary N) is 1. The Bertz CT molecular complexity index is 757. The first-order chi connectivity index (χ1) is 9.78. The van der Waals surface area contributed by atoms with E-state index in [1.807, 2.05) is 42.5 Å². The second-order valence-electron chi connectivity index (χ2n) is 4.45. The number of carbonyl (C=O) groups excluding carboxylic acids is 1. The van der Waals surface area contributed by atoms with Gasteiger partial charge < -0.3 is 15.5 Å². The van der Waals surface area contributed by atoms with Gasteiger partial charge in [0.05, 0.1) is 6.54 Å². The molecule has 0 saturated heterocycles. The third kappa shape index (κ3) is 2.29. The molecule has 1 heterocycles. The Balaban J connectivity index is 1.91. The fourth-order valence-corrected chi connectivity index (χ4v) is 2.13. The molecule has 0 aliphatic rings. The van der Waals surface area contributed by atoms with E-state index in [0.29, 0.717) is 5.76 Å². The second-order valence-corrected chi connectivity index (χ2v) is 4.45. The molecule has 20 heavy (non-hydrogen) atoms. The molecule has 100 valence electrons. The second kappa shape index (κ2) is 5.19. The van der Waals surface area contributed by atoms with Gasteiger partial charge in [0.2, 0.25) is 0 Å². The van der Waals surface area contributed by atoms with Gasteiger partial charge in [0.1, 0.15) is 5.76 Å². The van der Waals surface area contributed by atoms with Crippen molar-refractivity contribution in [2.75, 3.05) is 5.32 Å². The summed E-state index contributed by atoms with van der Waals surface area (Å²) >= 11 is 0. The predicted molar refractivity (Wildman–Crippen MR) is 78.5 cm³/mol. The van der Waals surface area contributed by atoms with Crippen LogP contribution in [-0.4, -0.2) is 5.91 Å². The Hall–Kier alpha value is -2.59. The van der Waals surface area contributed by atoms with Crippen molar-refractivity contribution in [3.8, 4) is 0 Å². The zero-order valence-corrected chi connectivity index (χ0v) is 10.8. The summed E-state index contributed by atoms with van der Waals surface area (Å²) in [7, 11) is 0. The van der Waals surface area contributed by atoms with Gasteiger partial charge in [-0.15, -0.1) is 0 Å². The minimum atomic E-state index is -0.277. The number of furan rings is 1. The molecule has 0 aliphatic carbocycles. The van der Waals surface area contributed by atoms with Crippen molar-refractivity contribution in [2.45, 2.75) is 6.54 Å². The summed E-state index contributed by atoms with van der Waals surface area (Å²) in [6.45, 7) is 0.279. The molecule has 3 N–H and O–H groups in total. The number of benzene rings is 2. The van der Waals surface area contributed by atoms with Crippen LogP contribution in [0.4, 0.5) is 5.69 Å². The van der Waals surface area contributed by atoms with Gasteiger partial charge in [-0.25, -0.2) is 0 Å². The van der Waals surface area contributed by atoms with Crippen molar-refractivity contribution in [3.63, 3.8) is 0 Å². The van der Waals surface area contributed by atoms with Crippen LogP contribution in [0.2, 0.25) is 0 Å². The van der Waals surface area contributed by atoms with E-state index < -0.39 is 0 Å². The average molecular weight is 266 g/mol. The van der Waals surface area contributed by atoms with Gasteiger partial charge in [-0.1, -0.05) is 36.4 Å². The van der Waals surface area contributed by atoms with Crippen molar-refractivity contribution < 1.29 is 9.21 Å². The van der Waals surface area contributed by atoms with E-state index in [1.165, 1.54) is 0 Å². The van der Waals surface area contributed by atoms with E-state index >= 15 is 0 Å². The summed E-state index contributed by atoms with van der Waals surface area (Å²) in [6, 6.07) is 17.0. The van der Waals surface area contributed by atoms with Gasteiger partial charge in [0, 0.05) is 11.1 Å². The van der Waals surface area contributed by atoms with E-state index in [4.69, 9.17) is 10.2 Å². The Kier molecular flexibility index (Phi) is 3.23. The van der Waals surface area contributed by atoms with Crippen LogP contribution < -0.4 is 11.1 Å². The average Bonchev–Trinajstić information content (AvgIpc) is 2.97. The molecule has 0 aliphatic heterocycles. The lowest BCUT2D eigenvalue weighted by Gasteiger charge is -2.07. The summed E-state index contributed by atoms with van der Waals surface area (Å²) < 4.78 is 5.34. The Morgan fingerprint density at radius 2 is 1.85 bits per heavy atom. The van der Waals surface area contributed by atoms with Gasteiger partial charge in [-0.05, 0) is 23.6 Å². The monoisotopic (exact) mass is 266 g/mol. The zero-order chi connectivity index (χ0) is 13.9. The molecule has 0 bridgehead atoms. The van der Waals surface area contributed by atoms with Crippen molar-refractivity contribution in [3.05, 3.63) is 66.1 Å². The lowest BCUT2D eigenvalue weighted by atomic mass is 10.1. The summed E-state index contributed by atoms with van der Waals surface area (Å²) in [5, 5.41) is 4.94. The van der Waals surface area contributed by atoms with E-state index in [9.17, 15) is 4.79 Å². The SMILES string of the molecule is NCc1ccc(C(=O)Nc2cccc3ccccc23)o1. The molecule has 4 heteroatoms. The fourth-order valence-electron chi connectivity index (χ4n) is 2.13. The van der Waals surface area contributed by atoms with Gasteiger partial charge >= 0.3 is 0 Å². The molecule has 0 fully saturated rings. The van der Waals surface area contributed by atoms with E-state index in [2.05, 4.69) is 5.32 Å². The minimum absolute atomic E-state index is 0.262. The maximum atomic E-state index is 12.1. The van der Waals surface area contributed by atoms with Gasteiger partial charge in [0.25, 0.3) is 5.91 Å². The number of carbonyl (C=O) groups is 1. The number of fused-ring (bicyclic) bond motifs is 1. The maximum absolute atomic E-state index is 12.1. The number of hydrogen-bond donors (Lipinski definition) is 2. The normalized spacial score (nSPS) is 10.7. The van der Waals surface area contributed by atoms with Crippen molar-refractivity contribution in [2.24, 2.45) is 5.73 Å². The fraction of sp³-hybridized carbons (Fsp3) is 0.0625. The Morgan fingerprint density at radius 3 is 2.65 bits per heavy atom. The van der Waals surface area contributed by atoms with Crippen LogP contribution in [0.1, 0.15) is 16.3 Å². The summed E-state index contributed by atoms with van der Waals surface area (Å²) in [5.74, 6) is 0.576. The van der Waals surface area contributed by atoms with Crippen LogP contribution in [-0.2, 0) is 6.54 Å². The molecule has 0 atom stereocenters. The molecule has 0 spiro atoms. The third-order valence-electron chi connectivity index (χ3n) is 3.12. The Labute approximate surface area is 116 Å². The zero-order valence-electron chi connectivity index (χ0n) is 10.8. The highest BCUT2D eigenvalue weighted by atomic mass is 16.4. The highest BCUT2D eigenvalue weighted by Crippen LogP contribution is 2.23. The van der Waals surface area contributed by atoms with E-state index in [-0.39, 0.29) is 18.2 Å². The first kappa shape index (κ1) is 12.4. The van der Waals surface area contributed by atoms with Crippen molar-refractivity contribution in [1.82, 2.24) is 0 Å². The van der Waals surface area contributed by atoms with Crippen LogP contribution in [0.5, 0.6) is 0 Å². The molecule has 4 nitrogen and oxygen atoms in total. The number of hydrogen-bond acceptors (Lipinski definition) is 3. The highest BCUT2D eigenvalue weighted by Gasteiger charge is 2.12.